The third-order valence-corrected chi connectivity index (χ3v) is 3.18. The van der Waals surface area contributed by atoms with Crippen molar-refractivity contribution in [2.45, 2.75) is 0 Å². The summed E-state index contributed by atoms with van der Waals surface area (Å²) < 4.78 is 26.4. The van der Waals surface area contributed by atoms with Crippen molar-refractivity contribution in [3.05, 3.63) is 65.2 Å². The molecule has 0 N–H and O–H groups in total. The molecule has 94 valence electrons. The van der Waals surface area contributed by atoms with Crippen LogP contribution >= 0.6 is 11.6 Å². The second-order valence-corrected chi connectivity index (χ2v) is 4.55. The zero-order chi connectivity index (χ0) is 13.4. The van der Waals surface area contributed by atoms with Crippen molar-refractivity contribution in [1.82, 2.24) is 4.98 Å². The molecule has 0 aliphatic heterocycles. The van der Waals surface area contributed by atoms with E-state index in [0.29, 0.717) is 21.6 Å². The maximum atomic E-state index is 13.3. The van der Waals surface area contributed by atoms with Crippen LogP contribution < -0.4 is 0 Å². The molecule has 0 atom stereocenters. The predicted molar refractivity (Wildman–Crippen MR) is 72.1 cm³/mol. The lowest BCUT2D eigenvalue weighted by Crippen LogP contribution is -1.90. The highest BCUT2D eigenvalue weighted by atomic mass is 35.5. The minimum atomic E-state index is -0.929. The zero-order valence-electron chi connectivity index (χ0n) is 9.70. The van der Waals surface area contributed by atoms with Crippen molar-refractivity contribution in [3.63, 3.8) is 0 Å². The quantitative estimate of drug-likeness (QED) is 0.620. The van der Waals surface area contributed by atoms with E-state index in [1.807, 2.05) is 30.3 Å². The molecule has 0 radical (unpaired) electrons. The summed E-state index contributed by atoms with van der Waals surface area (Å²) in [5, 5.41) is 0.753. The van der Waals surface area contributed by atoms with Gasteiger partial charge in [-0.15, -0.1) is 0 Å². The molecule has 0 amide bonds. The van der Waals surface area contributed by atoms with Crippen molar-refractivity contribution in [2.75, 3.05) is 0 Å². The van der Waals surface area contributed by atoms with Gasteiger partial charge in [-0.3, -0.25) is 0 Å². The van der Waals surface area contributed by atoms with Gasteiger partial charge in [0.15, 0.2) is 11.6 Å². The molecule has 0 aliphatic rings. The summed E-state index contributed by atoms with van der Waals surface area (Å²) in [7, 11) is 0. The molecule has 1 nitrogen and oxygen atoms in total. The van der Waals surface area contributed by atoms with Crippen LogP contribution in [0.1, 0.15) is 0 Å². The van der Waals surface area contributed by atoms with E-state index in [2.05, 4.69) is 4.98 Å². The fourth-order valence-electron chi connectivity index (χ4n) is 1.94. The van der Waals surface area contributed by atoms with Gasteiger partial charge in [0.25, 0.3) is 0 Å². The maximum absolute atomic E-state index is 13.3. The molecule has 0 saturated heterocycles. The Kier molecular flexibility index (Phi) is 2.91. The number of hydrogen-bond acceptors (Lipinski definition) is 1. The SMILES string of the molecule is Fc1cc2nc(-c3ccccc3)cc(Cl)c2cc1F. The molecule has 0 unspecified atom stereocenters. The molecule has 0 saturated carbocycles. The maximum Gasteiger partial charge on any atom is 0.161 e. The summed E-state index contributed by atoms with van der Waals surface area (Å²) in [6.07, 6.45) is 0. The van der Waals surface area contributed by atoms with Crippen LogP contribution in [-0.4, -0.2) is 4.98 Å². The average Bonchev–Trinajstić information content (AvgIpc) is 2.42. The van der Waals surface area contributed by atoms with Gasteiger partial charge >= 0.3 is 0 Å². The van der Waals surface area contributed by atoms with Gasteiger partial charge in [0, 0.05) is 17.0 Å². The number of fused-ring (bicyclic) bond motifs is 1. The summed E-state index contributed by atoms with van der Waals surface area (Å²) in [5.41, 5.74) is 1.84. The first-order chi connectivity index (χ1) is 9.15. The first-order valence-electron chi connectivity index (χ1n) is 5.66. The molecule has 0 spiro atoms. The third kappa shape index (κ3) is 2.17. The van der Waals surface area contributed by atoms with E-state index in [1.165, 1.54) is 0 Å². The first-order valence-corrected chi connectivity index (χ1v) is 6.03. The van der Waals surface area contributed by atoms with Gasteiger partial charge in [-0.25, -0.2) is 13.8 Å². The van der Waals surface area contributed by atoms with Crippen LogP contribution in [0.25, 0.3) is 22.2 Å². The van der Waals surface area contributed by atoms with Crippen LogP contribution in [0.3, 0.4) is 0 Å². The van der Waals surface area contributed by atoms with Crippen molar-refractivity contribution in [2.24, 2.45) is 0 Å². The van der Waals surface area contributed by atoms with E-state index < -0.39 is 11.6 Å². The zero-order valence-corrected chi connectivity index (χ0v) is 10.5. The van der Waals surface area contributed by atoms with Crippen molar-refractivity contribution >= 4 is 22.5 Å². The molecule has 1 aromatic heterocycles. The first kappa shape index (κ1) is 12.1. The largest absolute Gasteiger partial charge is 0.248 e. The minimum absolute atomic E-state index is 0.338. The Hall–Kier alpha value is -2.00. The second-order valence-electron chi connectivity index (χ2n) is 4.14. The molecule has 1 heterocycles. The Balaban J connectivity index is 2.28. The third-order valence-electron chi connectivity index (χ3n) is 2.87. The fraction of sp³-hybridized carbons (Fsp3) is 0. The second kappa shape index (κ2) is 4.59. The highest BCUT2D eigenvalue weighted by Crippen LogP contribution is 2.29. The molecular formula is C15H8ClF2N. The van der Waals surface area contributed by atoms with Crippen LogP contribution in [0.15, 0.2) is 48.5 Å². The monoisotopic (exact) mass is 275 g/mol. The van der Waals surface area contributed by atoms with Crippen molar-refractivity contribution in [1.29, 1.82) is 0 Å². The van der Waals surface area contributed by atoms with Gasteiger partial charge in [0.05, 0.1) is 16.2 Å². The smallest absolute Gasteiger partial charge is 0.161 e. The summed E-state index contributed by atoms with van der Waals surface area (Å²) in [6, 6.07) is 13.2. The molecule has 19 heavy (non-hydrogen) atoms. The number of hydrogen-bond donors (Lipinski definition) is 0. The van der Waals surface area contributed by atoms with E-state index in [1.54, 1.807) is 6.07 Å². The predicted octanol–water partition coefficient (Wildman–Crippen LogP) is 4.83. The Morgan fingerprint density at radius 2 is 1.58 bits per heavy atom. The molecule has 4 heteroatoms. The average molecular weight is 276 g/mol. The number of nitrogens with zero attached hydrogens (tertiary/aromatic N) is 1. The highest BCUT2D eigenvalue weighted by Gasteiger charge is 2.10. The number of benzene rings is 2. The normalized spacial score (nSPS) is 10.9. The molecule has 0 aliphatic carbocycles. The van der Waals surface area contributed by atoms with Crippen LogP contribution in [-0.2, 0) is 0 Å². The van der Waals surface area contributed by atoms with Crippen molar-refractivity contribution in [3.8, 4) is 11.3 Å². The van der Waals surface area contributed by atoms with Gasteiger partial charge < -0.3 is 0 Å². The Morgan fingerprint density at radius 3 is 2.32 bits per heavy atom. The molecule has 3 rings (SSSR count). The van der Waals surface area contributed by atoms with E-state index in [0.717, 1.165) is 17.7 Å². The fourth-order valence-corrected chi connectivity index (χ4v) is 2.19. The van der Waals surface area contributed by atoms with Gasteiger partial charge in [-0.1, -0.05) is 41.9 Å². The highest BCUT2D eigenvalue weighted by molar-refractivity contribution is 6.35. The van der Waals surface area contributed by atoms with E-state index in [4.69, 9.17) is 11.6 Å². The van der Waals surface area contributed by atoms with Gasteiger partial charge in [0.1, 0.15) is 0 Å². The molecular weight excluding hydrogens is 268 g/mol. The van der Waals surface area contributed by atoms with E-state index in [-0.39, 0.29) is 0 Å². The Bertz CT molecular complexity index is 757. The van der Waals surface area contributed by atoms with E-state index in [9.17, 15) is 8.78 Å². The van der Waals surface area contributed by atoms with Crippen LogP contribution in [0.2, 0.25) is 5.02 Å². The molecule has 0 fully saturated rings. The van der Waals surface area contributed by atoms with Crippen LogP contribution in [0.4, 0.5) is 8.78 Å². The van der Waals surface area contributed by atoms with Crippen LogP contribution in [0.5, 0.6) is 0 Å². The lowest BCUT2D eigenvalue weighted by Gasteiger charge is -2.06. The molecule has 3 aromatic rings. The number of pyridine rings is 1. The summed E-state index contributed by atoms with van der Waals surface area (Å²) >= 11 is 6.11. The minimum Gasteiger partial charge on any atom is -0.248 e. The van der Waals surface area contributed by atoms with Crippen molar-refractivity contribution < 1.29 is 8.78 Å². The standard InChI is InChI=1S/C15H8ClF2N/c16-11-7-14(9-4-2-1-3-5-9)19-15-8-13(18)12(17)6-10(11)15/h1-8H. The number of aromatic nitrogens is 1. The van der Waals surface area contributed by atoms with E-state index >= 15 is 0 Å². The van der Waals surface area contributed by atoms with Gasteiger partial charge in [-0.2, -0.15) is 0 Å². The lowest BCUT2D eigenvalue weighted by atomic mass is 10.1. The molecule has 0 bridgehead atoms. The Morgan fingerprint density at radius 1 is 0.895 bits per heavy atom. The summed E-state index contributed by atoms with van der Waals surface area (Å²) in [6.45, 7) is 0. The summed E-state index contributed by atoms with van der Waals surface area (Å²) in [4.78, 5) is 4.32. The molecule has 2 aromatic carbocycles. The van der Waals surface area contributed by atoms with Gasteiger partial charge in [-0.05, 0) is 12.1 Å². The topological polar surface area (TPSA) is 12.9 Å². The number of halogens is 3. The Labute approximate surface area is 113 Å². The summed E-state index contributed by atoms with van der Waals surface area (Å²) in [5.74, 6) is -1.86. The lowest BCUT2D eigenvalue weighted by molar-refractivity contribution is 0.510. The van der Waals surface area contributed by atoms with Gasteiger partial charge in [0.2, 0.25) is 0 Å². The van der Waals surface area contributed by atoms with Crippen LogP contribution in [0, 0.1) is 11.6 Å². The number of rotatable bonds is 1.